The average Bonchev–Trinajstić information content (AvgIpc) is 2.59. The third kappa shape index (κ3) is 10.9. The molecule has 1 aromatic carbocycles. The van der Waals surface area contributed by atoms with Crippen LogP contribution in [0.2, 0.25) is 0 Å². The first-order chi connectivity index (χ1) is 11.7. The molecular formula is C17H29IN4O3. The fourth-order valence-corrected chi connectivity index (χ4v) is 1.96. The lowest BCUT2D eigenvalue weighted by Gasteiger charge is -2.11. The number of nitro benzene ring substituents is 1. The maximum Gasteiger partial charge on any atom is 0.269 e. The molecule has 0 saturated carbocycles. The van der Waals surface area contributed by atoms with E-state index in [2.05, 4.69) is 22.5 Å². The molecule has 0 atom stereocenters. The Labute approximate surface area is 166 Å². The standard InChI is InChI=1S/C17H28N4O3.HI/c1-3-5-12-24-13-6-11-19-17(18-4-2)20-14-15-7-9-16(10-8-15)21(22)23;/h7-10H,3-6,11-14H2,1-2H3,(H2,18,19,20);1H. The van der Waals surface area contributed by atoms with E-state index >= 15 is 0 Å². The topological polar surface area (TPSA) is 88.8 Å². The van der Waals surface area contributed by atoms with Crippen LogP contribution in [0.3, 0.4) is 0 Å². The van der Waals surface area contributed by atoms with Crippen molar-refractivity contribution in [2.24, 2.45) is 4.99 Å². The molecule has 0 amide bonds. The highest BCUT2D eigenvalue weighted by Gasteiger charge is 2.04. The number of rotatable bonds is 11. The Morgan fingerprint density at radius 1 is 1.16 bits per heavy atom. The van der Waals surface area contributed by atoms with E-state index in [1.54, 1.807) is 12.1 Å². The van der Waals surface area contributed by atoms with Crippen molar-refractivity contribution >= 4 is 35.6 Å². The SMILES string of the molecule is CCCCOCCCNC(=NCc1ccc([N+](=O)[O-])cc1)NCC.I. The van der Waals surface area contributed by atoms with Gasteiger partial charge in [0.25, 0.3) is 5.69 Å². The summed E-state index contributed by atoms with van der Waals surface area (Å²) in [5, 5.41) is 17.1. The zero-order valence-electron chi connectivity index (χ0n) is 15.0. The number of unbranched alkanes of at least 4 members (excludes halogenated alkanes) is 1. The molecule has 0 saturated heterocycles. The van der Waals surface area contributed by atoms with Crippen LogP contribution in [0.4, 0.5) is 5.69 Å². The van der Waals surface area contributed by atoms with Crippen LogP contribution in [0.1, 0.15) is 38.7 Å². The van der Waals surface area contributed by atoms with E-state index in [9.17, 15) is 10.1 Å². The maximum absolute atomic E-state index is 10.6. The second-order valence-electron chi connectivity index (χ2n) is 5.36. The van der Waals surface area contributed by atoms with E-state index < -0.39 is 4.92 Å². The monoisotopic (exact) mass is 464 g/mol. The van der Waals surface area contributed by atoms with Gasteiger partial charge < -0.3 is 15.4 Å². The highest BCUT2D eigenvalue weighted by atomic mass is 127. The number of nitrogens with one attached hydrogen (secondary N) is 2. The largest absolute Gasteiger partial charge is 0.381 e. The fourth-order valence-electron chi connectivity index (χ4n) is 1.96. The molecule has 142 valence electrons. The number of aliphatic imine (C=N–C) groups is 1. The molecule has 0 bridgehead atoms. The molecule has 0 aromatic heterocycles. The van der Waals surface area contributed by atoms with E-state index in [4.69, 9.17) is 4.74 Å². The van der Waals surface area contributed by atoms with Crippen LogP contribution >= 0.6 is 24.0 Å². The van der Waals surface area contributed by atoms with Crippen LogP contribution in [0.25, 0.3) is 0 Å². The van der Waals surface area contributed by atoms with Gasteiger partial charge in [-0.05, 0) is 25.3 Å². The van der Waals surface area contributed by atoms with Gasteiger partial charge in [0.2, 0.25) is 0 Å². The van der Waals surface area contributed by atoms with Gasteiger partial charge >= 0.3 is 0 Å². The molecule has 1 rings (SSSR count). The molecule has 1 aromatic rings. The van der Waals surface area contributed by atoms with Crippen LogP contribution in [-0.4, -0.2) is 37.2 Å². The summed E-state index contributed by atoms with van der Waals surface area (Å²) >= 11 is 0. The van der Waals surface area contributed by atoms with Gasteiger partial charge in [-0.2, -0.15) is 0 Å². The summed E-state index contributed by atoms with van der Waals surface area (Å²) in [7, 11) is 0. The van der Waals surface area contributed by atoms with Gasteiger partial charge in [0.1, 0.15) is 0 Å². The molecule has 7 nitrogen and oxygen atoms in total. The predicted molar refractivity (Wildman–Crippen MR) is 112 cm³/mol. The van der Waals surface area contributed by atoms with E-state index in [0.717, 1.165) is 57.1 Å². The molecule has 25 heavy (non-hydrogen) atoms. The summed E-state index contributed by atoms with van der Waals surface area (Å²) in [6, 6.07) is 6.46. The van der Waals surface area contributed by atoms with Crippen LogP contribution in [0, 0.1) is 10.1 Å². The maximum atomic E-state index is 10.6. The van der Waals surface area contributed by atoms with Gasteiger partial charge in [0.05, 0.1) is 11.5 Å². The zero-order valence-corrected chi connectivity index (χ0v) is 17.3. The van der Waals surface area contributed by atoms with Gasteiger partial charge in [-0.3, -0.25) is 10.1 Å². The number of nitro groups is 1. The fraction of sp³-hybridized carbons (Fsp3) is 0.588. The third-order valence-corrected chi connectivity index (χ3v) is 3.31. The lowest BCUT2D eigenvalue weighted by atomic mass is 10.2. The molecule has 0 radical (unpaired) electrons. The number of benzene rings is 1. The van der Waals surface area contributed by atoms with E-state index in [0.29, 0.717) is 6.54 Å². The Bertz CT molecular complexity index is 509. The first kappa shape index (κ1) is 23.6. The number of hydrogen-bond donors (Lipinski definition) is 2. The summed E-state index contributed by atoms with van der Waals surface area (Å²) in [4.78, 5) is 14.7. The minimum Gasteiger partial charge on any atom is -0.381 e. The molecule has 0 unspecified atom stereocenters. The normalized spacial score (nSPS) is 10.9. The third-order valence-electron chi connectivity index (χ3n) is 3.31. The molecule has 2 N–H and O–H groups in total. The Hall–Kier alpha value is -1.42. The highest BCUT2D eigenvalue weighted by Crippen LogP contribution is 2.12. The zero-order chi connectivity index (χ0) is 17.6. The van der Waals surface area contributed by atoms with Crippen molar-refractivity contribution in [2.75, 3.05) is 26.3 Å². The summed E-state index contributed by atoms with van der Waals surface area (Å²) in [5.41, 5.74) is 1.02. The van der Waals surface area contributed by atoms with Crippen LogP contribution in [-0.2, 0) is 11.3 Å². The molecule has 0 aliphatic heterocycles. The molecule has 0 heterocycles. The minimum absolute atomic E-state index is 0. The Morgan fingerprint density at radius 2 is 1.84 bits per heavy atom. The number of nitrogens with zero attached hydrogens (tertiary/aromatic N) is 2. The van der Waals surface area contributed by atoms with E-state index in [1.165, 1.54) is 12.1 Å². The van der Waals surface area contributed by atoms with Crippen molar-refractivity contribution in [3.63, 3.8) is 0 Å². The lowest BCUT2D eigenvalue weighted by Crippen LogP contribution is -2.38. The van der Waals surface area contributed by atoms with Crippen molar-refractivity contribution < 1.29 is 9.66 Å². The summed E-state index contributed by atoms with van der Waals surface area (Å²) < 4.78 is 5.52. The summed E-state index contributed by atoms with van der Waals surface area (Å²) in [6.45, 7) is 7.77. The molecule has 0 spiro atoms. The van der Waals surface area contributed by atoms with Crippen molar-refractivity contribution in [3.05, 3.63) is 39.9 Å². The molecule has 0 aliphatic rings. The molecule has 8 heteroatoms. The Kier molecular flexibility index (Phi) is 14.0. The van der Waals surface area contributed by atoms with E-state index in [1.807, 2.05) is 6.92 Å². The minimum atomic E-state index is -0.402. The summed E-state index contributed by atoms with van der Waals surface area (Å²) in [5.74, 6) is 0.740. The molecule has 0 aliphatic carbocycles. The highest BCUT2D eigenvalue weighted by molar-refractivity contribution is 14.0. The average molecular weight is 464 g/mol. The van der Waals surface area contributed by atoms with Gasteiger partial charge in [-0.15, -0.1) is 24.0 Å². The molecular weight excluding hydrogens is 435 g/mol. The van der Waals surface area contributed by atoms with Gasteiger partial charge in [0.15, 0.2) is 5.96 Å². The smallest absolute Gasteiger partial charge is 0.269 e. The second-order valence-corrected chi connectivity index (χ2v) is 5.36. The second kappa shape index (κ2) is 14.9. The van der Waals surface area contributed by atoms with E-state index in [-0.39, 0.29) is 29.7 Å². The van der Waals surface area contributed by atoms with Gasteiger partial charge in [0, 0.05) is 38.4 Å². The Balaban J connectivity index is 0.00000576. The van der Waals surface area contributed by atoms with Crippen LogP contribution in [0.15, 0.2) is 29.3 Å². The summed E-state index contributed by atoms with van der Waals surface area (Å²) in [6.07, 6.45) is 3.18. The van der Waals surface area contributed by atoms with Crippen LogP contribution in [0.5, 0.6) is 0 Å². The first-order valence-electron chi connectivity index (χ1n) is 8.50. The number of ether oxygens (including phenoxy) is 1. The lowest BCUT2D eigenvalue weighted by molar-refractivity contribution is -0.384. The van der Waals surface area contributed by atoms with Crippen molar-refractivity contribution in [1.29, 1.82) is 0 Å². The number of non-ortho nitro benzene ring substituents is 1. The number of guanidine groups is 1. The Morgan fingerprint density at radius 3 is 2.44 bits per heavy atom. The van der Waals surface area contributed by atoms with Crippen LogP contribution < -0.4 is 10.6 Å². The van der Waals surface area contributed by atoms with Crippen molar-refractivity contribution in [2.45, 2.75) is 39.7 Å². The van der Waals surface area contributed by atoms with Gasteiger partial charge in [-0.1, -0.05) is 25.5 Å². The van der Waals surface area contributed by atoms with Gasteiger partial charge in [-0.25, -0.2) is 4.99 Å². The van der Waals surface area contributed by atoms with Crippen molar-refractivity contribution in [1.82, 2.24) is 10.6 Å². The predicted octanol–water partition coefficient (Wildman–Crippen LogP) is 3.47. The first-order valence-corrected chi connectivity index (χ1v) is 8.50. The molecule has 0 fully saturated rings. The quantitative estimate of drug-likeness (QED) is 0.131. The van der Waals surface area contributed by atoms with Crippen molar-refractivity contribution in [3.8, 4) is 0 Å². The number of hydrogen-bond acceptors (Lipinski definition) is 4. The number of halogens is 1.